The molecular formula is C17H15N3O4. The third-order valence-electron chi connectivity index (χ3n) is 3.30. The number of esters is 1. The van der Waals surface area contributed by atoms with E-state index in [1.807, 2.05) is 6.07 Å². The maximum atomic E-state index is 11.7. The van der Waals surface area contributed by atoms with Crippen LogP contribution in [0, 0.1) is 21.4 Å². The van der Waals surface area contributed by atoms with Crippen molar-refractivity contribution in [2.24, 2.45) is 0 Å². The molecule has 0 aliphatic heterocycles. The van der Waals surface area contributed by atoms with E-state index in [9.17, 15) is 14.9 Å². The van der Waals surface area contributed by atoms with Crippen molar-refractivity contribution in [2.45, 2.75) is 13.5 Å². The average molecular weight is 325 g/mol. The van der Waals surface area contributed by atoms with Gasteiger partial charge in [-0.25, -0.2) is 4.79 Å². The number of rotatable bonds is 6. The summed E-state index contributed by atoms with van der Waals surface area (Å²) in [5.74, 6) is -0.696. The number of ether oxygens (including phenoxy) is 1. The molecule has 0 aliphatic carbocycles. The first-order chi connectivity index (χ1) is 11.6. The van der Waals surface area contributed by atoms with Crippen molar-refractivity contribution in [3.63, 3.8) is 0 Å². The van der Waals surface area contributed by atoms with Gasteiger partial charge in [0.15, 0.2) is 0 Å². The second-order valence-corrected chi connectivity index (χ2v) is 4.84. The minimum atomic E-state index is -0.696. The molecule has 2 rings (SSSR count). The molecule has 0 radical (unpaired) electrons. The van der Waals surface area contributed by atoms with Gasteiger partial charge >= 0.3 is 5.97 Å². The summed E-state index contributed by atoms with van der Waals surface area (Å²) >= 11 is 0. The Labute approximate surface area is 138 Å². The van der Waals surface area contributed by atoms with Crippen LogP contribution in [0.1, 0.15) is 18.2 Å². The van der Waals surface area contributed by atoms with Crippen LogP contribution in [0.25, 0.3) is 6.08 Å². The van der Waals surface area contributed by atoms with Gasteiger partial charge < -0.3 is 9.30 Å². The Kier molecular flexibility index (Phi) is 5.47. The second kappa shape index (κ2) is 7.74. The Morgan fingerprint density at radius 1 is 1.38 bits per heavy atom. The molecule has 0 saturated carbocycles. The monoisotopic (exact) mass is 325 g/mol. The van der Waals surface area contributed by atoms with E-state index in [0.717, 1.165) is 0 Å². The van der Waals surface area contributed by atoms with Gasteiger partial charge in [-0.1, -0.05) is 18.2 Å². The minimum Gasteiger partial charge on any atom is -0.462 e. The summed E-state index contributed by atoms with van der Waals surface area (Å²) in [6.07, 6.45) is 3.13. The van der Waals surface area contributed by atoms with Crippen molar-refractivity contribution in [2.75, 3.05) is 6.61 Å². The normalized spacial score (nSPS) is 10.9. The molecule has 0 aliphatic rings. The van der Waals surface area contributed by atoms with Crippen LogP contribution in [0.3, 0.4) is 0 Å². The van der Waals surface area contributed by atoms with Crippen LogP contribution >= 0.6 is 0 Å². The number of carbonyl (C=O) groups excluding carboxylic acids is 1. The zero-order valence-electron chi connectivity index (χ0n) is 13.0. The van der Waals surface area contributed by atoms with Crippen molar-refractivity contribution < 1.29 is 14.5 Å². The number of nitro benzene ring substituents is 1. The lowest BCUT2D eigenvalue weighted by molar-refractivity contribution is -0.385. The van der Waals surface area contributed by atoms with Crippen molar-refractivity contribution in [1.29, 1.82) is 5.26 Å². The molecule has 0 atom stereocenters. The topological polar surface area (TPSA) is 98.2 Å². The molecule has 0 spiro atoms. The highest BCUT2D eigenvalue weighted by molar-refractivity contribution is 5.97. The molecule has 1 aromatic carbocycles. The summed E-state index contributed by atoms with van der Waals surface area (Å²) in [5.41, 5.74) is 1.01. The summed E-state index contributed by atoms with van der Waals surface area (Å²) in [4.78, 5) is 22.4. The molecule has 2 aromatic rings. The predicted molar refractivity (Wildman–Crippen MR) is 86.9 cm³/mol. The molecule has 122 valence electrons. The quantitative estimate of drug-likeness (QED) is 0.267. The summed E-state index contributed by atoms with van der Waals surface area (Å²) in [7, 11) is 0. The Bertz CT molecular complexity index is 830. The number of benzene rings is 1. The molecular weight excluding hydrogens is 310 g/mol. The van der Waals surface area contributed by atoms with Crippen LogP contribution in [-0.2, 0) is 16.1 Å². The van der Waals surface area contributed by atoms with E-state index in [2.05, 4.69) is 0 Å². The number of aromatic nitrogens is 1. The van der Waals surface area contributed by atoms with Gasteiger partial charge in [-0.3, -0.25) is 10.1 Å². The first-order valence-electron chi connectivity index (χ1n) is 7.23. The molecule has 0 amide bonds. The number of hydrogen-bond acceptors (Lipinski definition) is 5. The first-order valence-corrected chi connectivity index (χ1v) is 7.23. The van der Waals surface area contributed by atoms with E-state index in [1.165, 1.54) is 12.1 Å². The zero-order chi connectivity index (χ0) is 17.5. The second-order valence-electron chi connectivity index (χ2n) is 4.84. The number of nitrogens with zero attached hydrogens (tertiary/aromatic N) is 3. The third-order valence-corrected chi connectivity index (χ3v) is 3.30. The smallest absolute Gasteiger partial charge is 0.348 e. The van der Waals surface area contributed by atoms with E-state index in [1.54, 1.807) is 48.0 Å². The lowest BCUT2D eigenvalue weighted by Crippen LogP contribution is -2.08. The molecule has 7 heteroatoms. The van der Waals surface area contributed by atoms with Gasteiger partial charge in [0.25, 0.3) is 5.69 Å². The lowest BCUT2D eigenvalue weighted by Gasteiger charge is -2.08. The van der Waals surface area contributed by atoms with Gasteiger partial charge in [0, 0.05) is 23.5 Å². The Morgan fingerprint density at radius 3 is 2.79 bits per heavy atom. The zero-order valence-corrected chi connectivity index (χ0v) is 13.0. The molecule has 0 bridgehead atoms. The van der Waals surface area contributed by atoms with Gasteiger partial charge in [0.1, 0.15) is 11.6 Å². The fourth-order valence-electron chi connectivity index (χ4n) is 2.20. The number of nitro groups is 1. The van der Waals surface area contributed by atoms with Gasteiger partial charge in [-0.05, 0) is 25.1 Å². The molecule has 0 fully saturated rings. The average Bonchev–Trinajstić information content (AvgIpc) is 3.00. The molecule has 7 nitrogen and oxygen atoms in total. The lowest BCUT2D eigenvalue weighted by atomic mass is 10.1. The predicted octanol–water partition coefficient (Wildman–Crippen LogP) is 2.91. The van der Waals surface area contributed by atoms with Crippen LogP contribution in [0.4, 0.5) is 5.69 Å². The highest BCUT2D eigenvalue weighted by Crippen LogP contribution is 2.20. The summed E-state index contributed by atoms with van der Waals surface area (Å²) in [5, 5.41) is 20.2. The van der Waals surface area contributed by atoms with Gasteiger partial charge in [-0.2, -0.15) is 5.26 Å². The number of carbonyl (C=O) groups is 1. The highest BCUT2D eigenvalue weighted by Gasteiger charge is 2.15. The molecule has 1 aromatic heterocycles. The fourth-order valence-corrected chi connectivity index (χ4v) is 2.20. The number of hydrogen-bond donors (Lipinski definition) is 0. The van der Waals surface area contributed by atoms with Crippen molar-refractivity contribution in [3.05, 3.63) is 69.5 Å². The Morgan fingerprint density at radius 2 is 2.12 bits per heavy atom. The molecule has 1 heterocycles. The molecule has 24 heavy (non-hydrogen) atoms. The van der Waals surface area contributed by atoms with E-state index in [0.29, 0.717) is 11.3 Å². The summed E-state index contributed by atoms with van der Waals surface area (Å²) in [6.45, 7) is 2.08. The van der Waals surface area contributed by atoms with E-state index in [4.69, 9.17) is 10.00 Å². The van der Waals surface area contributed by atoms with Crippen LogP contribution < -0.4 is 0 Å². The molecule has 0 unspecified atom stereocenters. The largest absolute Gasteiger partial charge is 0.462 e. The molecule has 0 saturated heterocycles. The maximum absolute atomic E-state index is 11.7. The SMILES string of the molecule is CCOC(=O)/C(C#N)=C/c1cccn1Cc1ccccc1[N+](=O)[O-]. The van der Waals surface area contributed by atoms with Crippen molar-refractivity contribution >= 4 is 17.7 Å². The Balaban J connectivity index is 2.33. The van der Waals surface area contributed by atoms with Crippen molar-refractivity contribution in [1.82, 2.24) is 4.57 Å². The Hall–Kier alpha value is -3.40. The van der Waals surface area contributed by atoms with Gasteiger partial charge in [0.05, 0.1) is 18.1 Å². The third kappa shape index (κ3) is 3.87. The highest BCUT2D eigenvalue weighted by atomic mass is 16.6. The van der Waals surface area contributed by atoms with Crippen LogP contribution in [-0.4, -0.2) is 22.1 Å². The van der Waals surface area contributed by atoms with Crippen LogP contribution in [0.5, 0.6) is 0 Å². The van der Waals surface area contributed by atoms with Crippen molar-refractivity contribution in [3.8, 4) is 6.07 Å². The van der Waals surface area contributed by atoms with Crippen LogP contribution in [0.15, 0.2) is 48.2 Å². The number of nitriles is 1. The van der Waals surface area contributed by atoms with Gasteiger partial charge in [-0.15, -0.1) is 0 Å². The standard InChI is InChI=1S/C17H15N3O4/c1-2-24-17(21)14(11-18)10-15-7-5-9-19(15)12-13-6-3-4-8-16(13)20(22)23/h3-10H,2,12H2,1H3/b14-10+. The summed E-state index contributed by atoms with van der Waals surface area (Å²) < 4.78 is 6.55. The molecule has 0 N–H and O–H groups in total. The van der Waals surface area contributed by atoms with E-state index in [-0.39, 0.29) is 24.4 Å². The first kappa shape index (κ1) is 17.0. The summed E-state index contributed by atoms with van der Waals surface area (Å²) in [6, 6.07) is 11.7. The van der Waals surface area contributed by atoms with E-state index >= 15 is 0 Å². The number of para-hydroxylation sites is 1. The fraction of sp³-hybridized carbons (Fsp3) is 0.176. The van der Waals surface area contributed by atoms with E-state index < -0.39 is 10.9 Å². The minimum absolute atomic E-state index is 0.0204. The van der Waals surface area contributed by atoms with Gasteiger partial charge in [0.2, 0.25) is 0 Å². The maximum Gasteiger partial charge on any atom is 0.348 e. The van der Waals surface area contributed by atoms with Crippen LogP contribution in [0.2, 0.25) is 0 Å².